The molecule has 0 bridgehead atoms. The summed E-state index contributed by atoms with van der Waals surface area (Å²) >= 11 is 0. The predicted molar refractivity (Wildman–Crippen MR) is 83.3 cm³/mol. The summed E-state index contributed by atoms with van der Waals surface area (Å²) in [5.74, 6) is -0.690. The lowest BCUT2D eigenvalue weighted by Crippen LogP contribution is -2.37. The van der Waals surface area contributed by atoms with Gasteiger partial charge in [0.2, 0.25) is 15.9 Å². The van der Waals surface area contributed by atoms with E-state index in [9.17, 15) is 18.0 Å². The smallest absolute Gasteiger partial charge is 0.338 e. The zero-order valence-electron chi connectivity index (χ0n) is 12.8. The lowest BCUT2D eigenvalue weighted by atomic mass is 10.2. The van der Waals surface area contributed by atoms with Crippen molar-refractivity contribution in [1.82, 2.24) is 5.32 Å². The summed E-state index contributed by atoms with van der Waals surface area (Å²) in [6.45, 7) is 3.64. The summed E-state index contributed by atoms with van der Waals surface area (Å²) in [7, 11) is -3.49. The average Bonchev–Trinajstić information content (AvgIpc) is 2.42. The Balaban J connectivity index is 2.91. The molecule has 0 aliphatic heterocycles. The van der Waals surface area contributed by atoms with E-state index in [2.05, 4.69) is 5.32 Å². The van der Waals surface area contributed by atoms with Gasteiger partial charge in [-0.05, 0) is 31.2 Å². The number of amides is 1. The van der Waals surface area contributed by atoms with Gasteiger partial charge in [0.15, 0.2) is 0 Å². The van der Waals surface area contributed by atoms with Crippen LogP contribution in [0.4, 0.5) is 5.69 Å². The number of esters is 1. The Morgan fingerprint density at radius 2 is 1.82 bits per heavy atom. The number of hydrogen-bond acceptors (Lipinski definition) is 5. The Bertz CT molecular complexity index is 625. The number of nitrogens with one attached hydrogen (secondary N) is 1. The van der Waals surface area contributed by atoms with E-state index in [4.69, 9.17) is 4.74 Å². The Labute approximate surface area is 130 Å². The first-order valence-corrected chi connectivity index (χ1v) is 8.60. The zero-order chi connectivity index (χ0) is 16.8. The summed E-state index contributed by atoms with van der Waals surface area (Å²) in [6, 6.07) is 6.07. The quantitative estimate of drug-likeness (QED) is 0.746. The number of nitrogens with zero attached hydrogens (tertiary/aromatic N) is 1. The molecule has 0 saturated carbocycles. The highest BCUT2D eigenvalue weighted by atomic mass is 32.2. The van der Waals surface area contributed by atoms with E-state index in [1.807, 2.05) is 0 Å². The molecule has 0 aliphatic rings. The van der Waals surface area contributed by atoms with Crippen LogP contribution in [0.25, 0.3) is 0 Å². The molecule has 1 amide bonds. The van der Waals surface area contributed by atoms with E-state index >= 15 is 0 Å². The predicted octanol–water partition coefficient (Wildman–Crippen LogP) is 0.765. The molecule has 0 spiro atoms. The largest absolute Gasteiger partial charge is 0.462 e. The molecule has 0 unspecified atom stereocenters. The van der Waals surface area contributed by atoms with Crippen molar-refractivity contribution in [3.8, 4) is 0 Å². The summed E-state index contributed by atoms with van der Waals surface area (Å²) in [5, 5.41) is 2.55. The van der Waals surface area contributed by atoms with Gasteiger partial charge in [-0.2, -0.15) is 0 Å². The summed E-state index contributed by atoms with van der Waals surface area (Å²) < 4.78 is 29.7. The number of anilines is 1. The molecule has 0 aromatic heterocycles. The third kappa shape index (κ3) is 5.36. The Kier molecular flexibility index (Phi) is 6.36. The Morgan fingerprint density at radius 1 is 1.23 bits per heavy atom. The first-order valence-electron chi connectivity index (χ1n) is 6.75. The highest BCUT2D eigenvalue weighted by molar-refractivity contribution is 7.92. The minimum Gasteiger partial charge on any atom is -0.462 e. The van der Waals surface area contributed by atoms with Gasteiger partial charge < -0.3 is 10.1 Å². The SMILES string of the molecule is CCOC(=O)c1ccc(N(CCNC(C)=O)S(C)(=O)=O)cc1. The van der Waals surface area contributed by atoms with Gasteiger partial charge in [-0.15, -0.1) is 0 Å². The molecule has 1 rings (SSSR count). The van der Waals surface area contributed by atoms with E-state index in [-0.39, 0.29) is 25.6 Å². The number of carbonyl (C=O) groups excluding carboxylic acids is 2. The molecule has 0 aliphatic carbocycles. The maximum atomic E-state index is 11.9. The number of carbonyl (C=O) groups is 2. The molecule has 7 nitrogen and oxygen atoms in total. The molecular weight excluding hydrogens is 308 g/mol. The molecule has 0 radical (unpaired) electrons. The van der Waals surface area contributed by atoms with Crippen molar-refractivity contribution in [2.75, 3.05) is 30.3 Å². The van der Waals surface area contributed by atoms with Crippen LogP contribution in [0.15, 0.2) is 24.3 Å². The fourth-order valence-electron chi connectivity index (χ4n) is 1.80. The van der Waals surface area contributed by atoms with Gasteiger partial charge in [-0.3, -0.25) is 9.10 Å². The molecule has 0 fully saturated rings. The van der Waals surface area contributed by atoms with Crippen LogP contribution in [-0.2, 0) is 19.6 Å². The van der Waals surface area contributed by atoms with E-state index in [0.717, 1.165) is 10.6 Å². The van der Waals surface area contributed by atoms with Crippen molar-refractivity contribution in [2.24, 2.45) is 0 Å². The molecule has 1 aromatic rings. The van der Waals surface area contributed by atoms with E-state index in [1.165, 1.54) is 31.2 Å². The number of hydrogen-bond donors (Lipinski definition) is 1. The lowest BCUT2D eigenvalue weighted by molar-refractivity contribution is -0.118. The molecule has 1 aromatic carbocycles. The molecule has 0 atom stereocenters. The summed E-state index contributed by atoms with van der Waals surface area (Å²) in [6.07, 6.45) is 1.08. The molecule has 122 valence electrons. The monoisotopic (exact) mass is 328 g/mol. The van der Waals surface area contributed by atoms with Crippen LogP contribution in [0.1, 0.15) is 24.2 Å². The van der Waals surface area contributed by atoms with Crippen molar-refractivity contribution in [3.63, 3.8) is 0 Å². The van der Waals surface area contributed by atoms with Crippen molar-refractivity contribution in [1.29, 1.82) is 0 Å². The second-order valence-electron chi connectivity index (χ2n) is 4.59. The number of ether oxygens (including phenoxy) is 1. The van der Waals surface area contributed by atoms with Crippen LogP contribution in [0.2, 0.25) is 0 Å². The van der Waals surface area contributed by atoms with Gasteiger partial charge in [0.05, 0.1) is 30.7 Å². The zero-order valence-corrected chi connectivity index (χ0v) is 13.6. The number of rotatable bonds is 7. The standard InChI is InChI=1S/C14H20N2O5S/c1-4-21-14(18)12-5-7-13(8-6-12)16(22(3,19)20)10-9-15-11(2)17/h5-8H,4,9-10H2,1-3H3,(H,15,17). The molecule has 0 saturated heterocycles. The van der Waals surface area contributed by atoms with Crippen LogP contribution >= 0.6 is 0 Å². The lowest BCUT2D eigenvalue weighted by Gasteiger charge is -2.22. The van der Waals surface area contributed by atoms with Gasteiger partial charge in [0.25, 0.3) is 0 Å². The van der Waals surface area contributed by atoms with Crippen LogP contribution in [-0.4, -0.2) is 46.2 Å². The third-order valence-corrected chi connectivity index (χ3v) is 3.95. The van der Waals surface area contributed by atoms with Gasteiger partial charge in [-0.25, -0.2) is 13.2 Å². The van der Waals surface area contributed by atoms with Crippen LogP contribution < -0.4 is 9.62 Å². The van der Waals surface area contributed by atoms with Crippen molar-refractivity contribution in [2.45, 2.75) is 13.8 Å². The average molecular weight is 328 g/mol. The van der Waals surface area contributed by atoms with Gasteiger partial charge in [0, 0.05) is 13.5 Å². The summed E-state index contributed by atoms with van der Waals surface area (Å²) in [4.78, 5) is 22.4. The normalized spacial score (nSPS) is 10.9. The van der Waals surface area contributed by atoms with Gasteiger partial charge in [-0.1, -0.05) is 0 Å². The Morgan fingerprint density at radius 3 is 2.27 bits per heavy atom. The van der Waals surface area contributed by atoms with Crippen molar-refractivity contribution < 1.29 is 22.7 Å². The molecule has 1 N–H and O–H groups in total. The minimum absolute atomic E-state index is 0.108. The first kappa shape index (κ1) is 18.0. The van der Waals surface area contributed by atoms with Crippen molar-refractivity contribution >= 4 is 27.6 Å². The topological polar surface area (TPSA) is 92.8 Å². The van der Waals surface area contributed by atoms with E-state index in [0.29, 0.717) is 11.3 Å². The van der Waals surface area contributed by atoms with Gasteiger partial charge >= 0.3 is 5.97 Å². The van der Waals surface area contributed by atoms with Crippen LogP contribution in [0.5, 0.6) is 0 Å². The minimum atomic E-state index is -3.49. The first-order chi connectivity index (χ1) is 10.3. The highest BCUT2D eigenvalue weighted by Gasteiger charge is 2.17. The molecular formula is C14H20N2O5S. The number of sulfonamides is 1. The fourth-order valence-corrected chi connectivity index (χ4v) is 2.73. The fraction of sp³-hybridized carbons (Fsp3) is 0.429. The maximum absolute atomic E-state index is 11.9. The maximum Gasteiger partial charge on any atom is 0.338 e. The highest BCUT2D eigenvalue weighted by Crippen LogP contribution is 2.18. The van der Waals surface area contributed by atoms with E-state index < -0.39 is 16.0 Å². The van der Waals surface area contributed by atoms with E-state index in [1.54, 1.807) is 6.92 Å². The van der Waals surface area contributed by atoms with Crippen molar-refractivity contribution in [3.05, 3.63) is 29.8 Å². The van der Waals surface area contributed by atoms with Crippen LogP contribution in [0.3, 0.4) is 0 Å². The molecule has 8 heteroatoms. The second kappa shape index (κ2) is 7.79. The molecule has 0 heterocycles. The Hall–Kier alpha value is -2.09. The number of benzene rings is 1. The van der Waals surface area contributed by atoms with Gasteiger partial charge in [0.1, 0.15) is 0 Å². The summed E-state index contributed by atoms with van der Waals surface area (Å²) in [5.41, 5.74) is 0.766. The second-order valence-corrected chi connectivity index (χ2v) is 6.49. The van der Waals surface area contributed by atoms with Crippen LogP contribution in [0, 0.1) is 0 Å². The molecule has 22 heavy (non-hydrogen) atoms. The third-order valence-electron chi connectivity index (χ3n) is 2.76.